The first kappa shape index (κ1) is 40.3. The second kappa shape index (κ2) is 17.5. The van der Waals surface area contributed by atoms with Crippen LogP contribution in [-0.4, -0.2) is 73.0 Å². The van der Waals surface area contributed by atoms with Gasteiger partial charge < -0.3 is 31.2 Å². The van der Waals surface area contributed by atoms with Crippen LogP contribution in [0, 0.1) is 0 Å². The van der Waals surface area contributed by atoms with Crippen molar-refractivity contribution in [2.75, 3.05) is 36.8 Å². The molecular weight excluding hydrogens is 681 g/mol. The van der Waals surface area contributed by atoms with E-state index in [1.54, 1.807) is 13.8 Å². The van der Waals surface area contributed by atoms with Gasteiger partial charge in [-0.3, -0.25) is 15.2 Å². The van der Waals surface area contributed by atoms with E-state index >= 15 is 0 Å². The van der Waals surface area contributed by atoms with Crippen LogP contribution in [0.5, 0.6) is 0 Å². The van der Waals surface area contributed by atoms with Crippen molar-refractivity contribution in [3.05, 3.63) is 59.7 Å². The number of halogens is 9. The molecule has 6 N–H and O–H groups in total. The number of nitrogens with one attached hydrogen (secondary N) is 6. The van der Waals surface area contributed by atoms with Crippen molar-refractivity contribution in [2.45, 2.75) is 57.3 Å². The molecule has 2 aromatic carbocycles. The number of guanidine groups is 1. The van der Waals surface area contributed by atoms with Gasteiger partial charge in [-0.05, 0) is 75.2 Å². The number of amides is 4. The summed E-state index contributed by atoms with van der Waals surface area (Å²) in [5, 5.41) is 25.8. The molecule has 1 saturated heterocycles. The average Bonchev–Trinajstić information content (AvgIpc) is 3.51. The summed E-state index contributed by atoms with van der Waals surface area (Å²) in [6.45, 7) is 5.79. The number of carboxylic acids is 1. The van der Waals surface area contributed by atoms with Crippen molar-refractivity contribution in [1.29, 1.82) is 0 Å². The minimum absolute atomic E-state index is 0.218. The summed E-state index contributed by atoms with van der Waals surface area (Å²) in [7, 11) is 0. The first-order valence-electron chi connectivity index (χ1n) is 14.5. The summed E-state index contributed by atoms with van der Waals surface area (Å²) in [5.74, 6) is -2.30. The van der Waals surface area contributed by atoms with Crippen LogP contribution in [0.2, 0.25) is 0 Å². The maximum atomic E-state index is 12.7. The van der Waals surface area contributed by atoms with Crippen molar-refractivity contribution in [3.8, 4) is 0 Å². The minimum Gasteiger partial charge on any atom is -0.542 e. The first-order valence-corrected chi connectivity index (χ1v) is 14.5. The van der Waals surface area contributed by atoms with Gasteiger partial charge in [-0.2, -0.15) is 39.5 Å². The van der Waals surface area contributed by atoms with Crippen molar-refractivity contribution < 1.29 is 63.6 Å². The number of nitrogens with zero attached hydrogens (tertiary/aromatic N) is 1. The van der Waals surface area contributed by atoms with Gasteiger partial charge in [-0.15, -0.1) is 0 Å². The molecule has 0 bridgehead atoms. The van der Waals surface area contributed by atoms with E-state index in [4.69, 9.17) is 9.90 Å². The predicted molar refractivity (Wildman–Crippen MR) is 157 cm³/mol. The first-order chi connectivity index (χ1) is 22.6. The Morgan fingerprint density at radius 1 is 0.673 bits per heavy atom. The van der Waals surface area contributed by atoms with E-state index in [1.807, 2.05) is 0 Å². The molecule has 1 aliphatic heterocycles. The SMILES string of the molecule is C[C@@H](CNC(NC[C@H](C)NC(=O)Nc1ccc(C(F)(F)F)cc1)=[N+]1CCCC1)NC(=O)Nc1ccc(C(F)(F)F)cc1.O=C([O-])C(F)(F)F. The Labute approximate surface area is 274 Å². The number of aliphatic carboxylic acids is 1. The molecule has 49 heavy (non-hydrogen) atoms. The molecular formula is C29H34F9N7O4. The fraction of sp³-hybridized carbons (Fsp3) is 0.448. The normalized spacial score (nSPS) is 14.4. The summed E-state index contributed by atoms with van der Waals surface area (Å²) in [5.41, 5.74) is -1.19. The van der Waals surface area contributed by atoms with Crippen LogP contribution in [0.3, 0.4) is 0 Å². The lowest BCUT2D eigenvalue weighted by atomic mass is 10.2. The summed E-state index contributed by atoms with van der Waals surface area (Å²) in [6, 6.07) is 6.38. The zero-order valence-electron chi connectivity index (χ0n) is 26.0. The monoisotopic (exact) mass is 715 g/mol. The third-order valence-electron chi connectivity index (χ3n) is 6.50. The molecule has 0 saturated carbocycles. The quantitative estimate of drug-likeness (QED) is 0.138. The van der Waals surface area contributed by atoms with Gasteiger partial charge in [0.05, 0.1) is 49.4 Å². The molecule has 1 fully saturated rings. The van der Waals surface area contributed by atoms with E-state index in [0.717, 1.165) is 50.2 Å². The largest absolute Gasteiger partial charge is 0.542 e. The third kappa shape index (κ3) is 14.8. The molecule has 4 amide bonds. The van der Waals surface area contributed by atoms with Gasteiger partial charge in [0.25, 0.3) is 0 Å². The Hall–Kier alpha value is -4.91. The number of carboxylic acid groups (broad SMARTS) is 1. The summed E-state index contributed by atoms with van der Waals surface area (Å²) in [4.78, 5) is 33.4. The van der Waals surface area contributed by atoms with Crippen molar-refractivity contribution >= 4 is 35.4 Å². The van der Waals surface area contributed by atoms with Crippen LogP contribution in [0.25, 0.3) is 0 Å². The number of carbonyl (C=O) groups excluding carboxylic acids is 3. The highest BCUT2D eigenvalue weighted by molar-refractivity contribution is 5.90. The predicted octanol–water partition coefficient (Wildman–Crippen LogP) is 4.08. The standard InChI is InChI=1S/C27H33F6N7O2.C2HF3O2/c1-17(36-24(41)38-21-9-5-19(6-10-21)26(28,29)30)15-34-23(40-13-3-4-14-40)35-16-18(2)37-25(42)39-22-11-7-20(8-12-22)27(31,32)33;3-2(4,5)1(6)7/h5-12,17-18H,3-4,13-16H2,1-2H3,(H5,34,35,36,37,38,39,41,42);(H,6,7)/t17-,18-;/m0./s1. The number of anilines is 2. The fourth-order valence-electron chi connectivity index (χ4n) is 4.10. The van der Waals surface area contributed by atoms with Crippen LogP contribution in [-0.2, 0) is 17.1 Å². The summed E-state index contributed by atoms with van der Waals surface area (Å²) >= 11 is 0. The maximum Gasteiger partial charge on any atom is 0.430 e. The number of hydrogen-bond acceptors (Lipinski definition) is 4. The number of alkyl halides is 9. The molecule has 272 valence electrons. The van der Waals surface area contributed by atoms with E-state index < -0.39 is 47.7 Å². The Kier molecular flexibility index (Phi) is 14.4. The maximum absolute atomic E-state index is 12.7. The minimum atomic E-state index is -5.19. The molecule has 2 aromatic rings. The van der Waals surface area contributed by atoms with E-state index in [9.17, 15) is 49.1 Å². The smallest absolute Gasteiger partial charge is 0.430 e. The molecule has 11 nitrogen and oxygen atoms in total. The van der Waals surface area contributed by atoms with Crippen molar-refractivity contribution in [3.63, 3.8) is 0 Å². The molecule has 1 heterocycles. The van der Waals surface area contributed by atoms with Crippen molar-refractivity contribution in [1.82, 2.24) is 21.3 Å². The van der Waals surface area contributed by atoms with Crippen LogP contribution in [0.15, 0.2) is 48.5 Å². The third-order valence-corrected chi connectivity index (χ3v) is 6.50. The zero-order valence-corrected chi connectivity index (χ0v) is 26.0. The van der Waals surface area contributed by atoms with Gasteiger partial charge in [0, 0.05) is 11.4 Å². The highest BCUT2D eigenvalue weighted by Gasteiger charge is 2.31. The fourth-order valence-corrected chi connectivity index (χ4v) is 4.10. The average molecular weight is 716 g/mol. The Bertz CT molecular complexity index is 1340. The lowest BCUT2D eigenvalue weighted by molar-refractivity contribution is -0.510. The highest BCUT2D eigenvalue weighted by atomic mass is 19.4. The topological polar surface area (TPSA) is 149 Å². The number of rotatable bonds is 8. The molecule has 3 rings (SSSR count). The second-order valence-corrected chi connectivity index (χ2v) is 10.7. The lowest BCUT2D eigenvalue weighted by Crippen LogP contribution is -2.52. The van der Waals surface area contributed by atoms with E-state index in [2.05, 4.69) is 36.5 Å². The molecule has 0 radical (unpaired) electrons. The molecule has 1 aliphatic rings. The van der Waals surface area contributed by atoms with Gasteiger partial charge >= 0.3 is 36.6 Å². The molecule has 0 spiro atoms. The molecule has 0 aliphatic carbocycles. The molecule has 0 unspecified atom stereocenters. The second-order valence-electron chi connectivity index (χ2n) is 10.7. The van der Waals surface area contributed by atoms with Crippen LogP contribution in [0.1, 0.15) is 37.8 Å². The summed E-state index contributed by atoms with van der Waals surface area (Å²) < 4.78 is 110. The number of carbonyl (C=O) groups is 3. The van der Waals surface area contributed by atoms with Crippen LogP contribution in [0.4, 0.5) is 60.5 Å². The highest BCUT2D eigenvalue weighted by Crippen LogP contribution is 2.30. The van der Waals surface area contributed by atoms with E-state index in [0.29, 0.717) is 19.0 Å². The van der Waals surface area contributed by atoms with E-state index in [-0.39, 0.29) is 23.5 Å². The molecule has 20 heteroatoms. The van der Waals surface area contributed by atoms with Crippen LogP contribution < -0.4 is 37.0 Å². The Balaban J connectivity index is 0.00000107. The van der Waals surface area contributed by atoms with Gasteiger partial charge in [0.1, 0.15) is 5.97 Å². The van der Waals surface area contributed by atoms with Gasteiger partial charge in [-0.25, -0.2) is 9.59 Å². The van der Waals surface area contributed by atoms with Gasteiger partial charge in [0.15, 0.2) is 0 Å². The zero-order chi connectivity index (χ0) is 37.0. The number of benzene rings is 2. The van der Waals surface area contributed by atoms with Gasteiger partial charge in [-0.1, -0.05) is 0 Å². The van der Waals surface area contributed by atoms with Crippen molar-refractivity contribution in [2.24, 2.45) is 0 Å². The number of urea groups is 2. The lowest BCUT2D eigenvalue weighted by Gasteiger charge is -2.18. The molecule has 2 atom stereocenters. The number of hydrogen-bond donors (Lipinski definition) is 6. The van der Waals surface area contributed by atoms with E-state index in [1.165, 1.54) is 24.3 Å². The molecule has 0 aromatic heterocycles. The van der Waals surface area contributed by atoms with Crippen LogP contribution >= 0.6 is 0 Å². The summed E-state index contributed by atoms with van der Waals surface area (Å²) in [6.07, 6.45) is -12.1. The van der Waals surface area contributed by atoms with Gasteiger partial charge in [0.2, 0.25) is 0 Å². The Morgan fingerprint density at radius 3 is 1.29 bits per heavy atom. The Morgan fingerprint density at radius 2 is 1.00 bits per heavy atom.